The summed E-state index contributed by atoms with van der Waals surface area (Å²) < 4.78 is 5.18. The van der Waals surface area contributed by atoms with E-state index < -0.39 is 10.5 Å². The van der Waals surface area contributed by atoms with Crippen molar-refractivity contribution < 1.29 is 14.5 Å². The van der Waals surface area contributed by atoms with E-state index in [1.165, 1.54) is 6.07 Å². The van der Waals surface area contributed by atoms with Crippen LogP contribution in [0.1, 0.15) is 18.4 Å². The highest BCUT2D eigenvalue weighted by Crippen LogP contribution is 2.20. The summed E-state index contributed by atoms with van der Waals surface area (Å²) in [6, 6.07) is 6.31. The molecule has 3 N–H and O–H groups in total. The summed E-state index contributed by atoms with van der Waals surface area (Å²) in [5.74, 6) is -0.293. The lowest BCUT2D eigenvalue weighted by atomic mass is 9.90. The molecule has 0 unspecified atom stereocenters. The van der Waals surface area contributed by atoms with Crippen molar-refractivity contribution in [3.05, 3.63) is 39.9 Å². The van der Waals surface area contributed by atoms with Crippen LogP contribution in [0.5, 0.6) is 0 Å². The van der Waals surface area contributed by atoms with E-state index in [1.54, 1.807) is 18.2 Å². The maximum atomic E-state index is 12.1. The topological polar surface area (TPSA) is 107 Å². The van der Waals surface area contributed by atoms with Crippen molar-refractivity contribution in [2.75, 3.05) is 13.2 Å². The van der Waals surface area contributed by atoms with Gasteiger partial charge in [-0.1, -0.05) is 18.2 Å². The molecule has 0 radical (unpaired) electrons. The van der Waals surface area contributed by atoms with Crippen molar-refractivity contribution in [1.29, 1.82) is 0 Å². The van der Waals surface area contributed by atoms with Gasteiger partial charge in [-0.15, -0.1) is 0 Å². The summed E-state index contributed by atoms with van der Waals surface area (Å²) in [5, 5.41) is 13.6. The lowest BCUT2D eigenvalue weighted by Crippen LogP contribution is -2.56. The Morgan fingerprint density at radius 1 is 1.40 bits per heavy atom. The number of nitrogens with zero attached hydrogens (tertiary/aromatic N) is 1. The molecule has 0 aromatic heterocycles. The molecule has 0 saturated carbocycles. The van der Waals surface area contributed by atoms with Crippen LogP contribution in [0, 0.1) is 10.1 Å². The number of hydrogen-bond donors (Lipinski definition) is 2. The van der Waals surface area contributed by atoms with Gasteiger partial charge in [-0.3, -0.25) is 14.9 Å². The van der Waals surface area contributed by atoms with Crippen molar-refractivity contribution >= 4 is 11.6 Å². The molecule has 1 aliphatic heterocycles. The fourth-order valence-electron chi connectivity index (χ4n) is 2.15. The molecule has 20 heavy (non-hydrogen) atoms. The van der Waals surface area contributed by atoms with Gasteiger partial charge in [-0.25, -0.2) is 0 Å². The second kappa shape index (κ2) is 5.98. The lowest BCUT2D eigenvalue weighted by molar-refractivity contribution is -0.385. The molecule has 1 aromatic rings. The minimum atomic E-state index is -0.943. The van der Waals surface area contributed by atoms with Crippen LogP contribution in [0.3, 0.4) is 0 Å². The highest BCUT2D eigenvalue weighted by Gasteiger charge is 2.35. The Morgan fingerprint density at radius 3 is 2.70 bits per heavy atom. The molecule has 1 fully saturated rings. The smallest absolute Gasteiger partial charge is 0.274 e. The number of amides is 1. The molecule has 1 saturated heterocycles. The van der Waals surface area contributed by atoms with Crippen LogP contribution in [0.25, 0.3) is 0 Å². The maximum Gasteiger partial charge on any atom is 0.274 e. The molecule has 1 amide bonds. The zero-order valence-electron chi connectivity index (χ0n) is 11.0. The van der Waals surface area contributed by atoms with Crippen LogP contribution in [-0.2, 0) is 16.1 Å². The fraction of sp³-hybridized carbons (Fsp3) is 0.462. The van der Waals surface area contributed by atoms with Gasteiger partial charge in [0.1, 0.15) is 0 Å². The lowest BCUT2D eigenvalue weighted by Gasteiger charge is -2.31. The van der Waals surface area contributed by atoms with Gasteiger partial charge in [0.15, 0.2) is 0 Å². The predicted molar refractivity (Wildman–Crippen MR) is 71.9 cm³/mol. The van der Waals surface area contributed by atoms with E-state index in [0.717, 1.165) is 0 Å². The molecule has 7 nitrogen and oxygen atoms in total. The molecule has 7 heteroatoms. The van der Waals surface area contributed by atoms with Gasteiger partial charge >= 0.3 is 0 Å². The second-order valence-electron chi connectivity index (χ2n) is 4.84. The van der Waals surface area contributed by atoms with Gasteiger partial charge in [-0.05, 0) is 12.8 Å². The first kappa shape index (κ1) is 14.4. The van der Waals surface area contributed by atoms with E-state index in [0.29, 0.717) is 31.6 Å². The van der Waals surface area contributed by atoms with Gasteiger partial charge in [0.25, 0.3) is 5.69 Å². The van der Waals surface area contributed by atoms with Crippen molar-refractivity contribution in [2.45, 2.75) is 24.9 Å². The normalized spacial score (nSPS) is 17.4. The number of hydrogen-bond acceptors (Lipinski definition) is 5. The molecule has 1 aromatic carbocycles. The fourth-order valence-corrected chi connectivity index (χ4v) is 2.15. The van der Waals surface area contributed by atoms with Gasteiger partial charge in [0.05, 0.1) is 10.5 Å². The first-order valence-corrected chi connectivity index (χ1v) is 6.40. The molecule has 0 bridgehead atoms. The number of carbonyl (C=O) groups is 1. The second-order valence-corrected chi connectivity index (χ2v) is 4.84. The number of benzene rings is 1. The molecule has 0 aliphatic carbocycles. The standard InChI is InChI=1S/C13H17N3O4/c14-13(5-7-20-8-6-13)12(17)15-9-10-3-1-2-4-11(10)16(18)19/h1-4H,5-9,14H2,(H,15,17). The minimum absolute atomic E-state index is 0.00847. The number of ether oxygens (including phenoxy) is 1. The van der Waals surface area contributed by atoms with Crippen molar-refractivity contribution in [2.24, 2.45) is 5.73 Å². The number of nitro benzene ring substituents is 1. The molecular weight excluding hydrogens is 262 g/mol. The molecule has 1 heterocycles. The zero-order chi connectivity index (χ0) is 14.6. The van der Waals surface area contributed by atoms with Crippen molar-refractivity contribution in [3.63, 3.8) is 0 Å². The van der Waals surface area contributed by atoms with Gasteiger partial charge in [0.2, 0.25) is 5.91 Å². The molecule has 0 atom stereocenters. The number of para-hydroxylation sites is 1. The Balaban J connectivity index is 2.02. The predicted octanol–water partition coefficient (Wildman–Crippen LogP) is 0.719. The van der Waals surface area contributed by atoms with Gasteiger partial charge in [0, 0.05) is 31.4 Å². The Labute approximate surface area is 116 Å². The van der Waals surface area contributed by atoms with Crippen LogP contribution in [0.4, 0.5) is 5.69 Å². The third kappa shape index (κ3) is 3.12. The Morgan fingerprint density at radius 2 is 2.05 bits per heavy atom. The summed E-state index contributed by atoms with van der Waals surface area (Å²) in [4.78, 5) is 22.5. The van der Waals surface area contributed by atoms with Crippen LogP contribution < -0.4 is 11.1 Å². The Hall–Kier alpha value is -1.99. The number of rotatable bonds is 4. The molecule has 1 aliphatic rings. The average Bonchev–Trinajstić information content (AvgIpc) is 2.45. The molecule has 0 spiro atoms. The van der Waals surface area contributed by atoms with E-state index in [2.05, 4.69) is 5.32 Å². The van der Waals surface area contributed by atoms with Crippen molar-refractivity contribution in [1.82, 2.24) is 5.32 Å². The number of carbonyl (C=O) groups excluding carboxylic acids is 1. The summed E-state index contributed by atoms with van der Waals surface area (Å²) in [7, 11) is 0. The summed E-state index contributed by atoms with van der Waals surface area (Å²) >= 11 is 0. The van der Waals surface area contributed by atoms with Crippen LogP contribution in [0.2, 0.25) is 0 Å². The summed E-state index contributed by atoms with van der Waals surface area (Å²) in [5.41, 5.74) is 5.55. The van der Waals surface area contributed by atoms with E-state index in [1.807, 2.05) is 0 Å². The molecule has 108 valence electrons. The Kier molecular flexibility index (Phi) is 4.31. The zero-order valence-corrected chi connectivity index (χ0v) is 11.0. The highest BCUT2D eigenvalue weighted by molar-refractivity contribution is 5.86. The number of nitrogens with two attached hydrogens (primary N) is 1. The molecule has 2 rings (SSSR count). The number of nitrogens with one attached hydrogen (secondary N) is 1. The SMILES string of the molecule is NC1(C(=O)NCc2ccccc2[N+](=O)[O-])CCOCC1. The quantitative estimate of drug-likeness (QED) is 0.623. The monoisotopic (exact) mass is 279 g/mol. The summed E-state index contributed by atoms with van der Waals surface area (Å²) in [6.07, 6.45) is 0.908. The van der Waals surface area contributed by atoms with E-state index in [-0.39, 0.29) is 18.1 Å². The van der Waals surface area contributed by atoms with E-state index in [9.17, 15) is 14.9 Å². The third-order valence-electron chi connectivity index (χ3n) is 3.46. The van der Waals surface area contributed by atoms with E-state index >= 15 is 0 Å². The van der Waals surface area contributed by atoms with Gasteiger partial charge < -0.3 is 15.8 Å². The highest BCUT2D eigenvalue weighted by atomic mass is 16.6. The Bertz CT molecular complexity index is 512. The molecular formula is C13H17N3O4. The maximum absolute atomic E-state index is 12.1. The van der Waals surface area contributed by atoms with Crippen LogP contribution >= 0.6 is 0 Å². The van der Waals surface area contributed by atoms with Gasteiger partial charge in [-0.2, -0.15) is 0 Å². The van der Waals surface area contributed by atoms with Crippen molar-refractivity contribution in [3.8, 4) is 0 Å². The largest absolute Gasteiger partial charge is 0.381 e. The third-order valence-corrected chi connectivity index (χ3v) is 3.46. The van der Waals surface area contributed by atoms with Crippen LogP contribution in [-0.4, -0.2) is 29.6 Å². The van der Waals surface area contributed by atoms with E-state index in [4.69, 9.17) is 10.5 Å². The first-order chi connectivity index (χ1) is 9.53. The minimum Gasteiger partial charge on any atom is -0.381 e. The average molecular weight is 279 g/mol. The first-order valence-electron chi connectivity index (χ1n) is 6.40. The number of nitro groups is 1. The van der Waals surface area contributed by atoms with Crippen LogP contribution in [0.15, 0.2) is 24.3 Å². The summed E-state index contributed by atoms with van der Waals surface area (Å²) in [6.45, 7) is 1.00.